The third kappa shape index (κ3) is 3.91. The summed E-state index contributed by atoms with van der Waals surface area (Å²) in [5, 5.41) is 3.22. The fourth-order valence-corrected chi connectivity index (χ4v) is 3.02. The van der Waals surface area contributed by atoms with Crippen LogP contribution >= 0.6 is 0 Å². The monoisotopic (exact) mass is 394 g/mol. The van der Waals surface area contributed by atoms with Gasteiger partial charge in [0.15, 0.2) is 17.6 Å². The number of carbonyl (C=O) groups excluding carboxylic acids is 2. The molecule has 8 heteroatoms. The number of hydrogen-bond acceptors (Lipinski definition) is 6. The molecule has 29 heavy (non-hydrogen) atoms. The van der Waals surface area contributed by atoms with Crippen molar-refractivity contribution in [3.63, 3.8) is 0 Å². The van der Waals surface area contributed by atoms with Crippen molar-refractivity contribution in [1.82, 2.24) is 4.98 Å². The van der Waals surface area contributed by atoms with Gasteiger partial charge in [0, 0.05) is 28.7 Å². The Labute approximate surface area is 165 Å². The van der Waals surface area contributed by atoms with Crippen LogP contribution in [-0.4, -0.2) is 36.2 Å². The van der Waals surface area contributed by atoms with Crippen molar-refractivity contribution in [2.75, 3.05) is 18.5 Å². The highest BCUT2D eigenvalue weighted by Crippen LogP contribution is 2.32. The summed E-state index contributed by atoms with van der Waals surface area (Å²) in [7, 11) is 0. The number of rotatable bonds is 4. The lowest BCUT2D eigenvalue weighted by Crippen LogP contribution is -2.30. The molecule has 0 fully saturated rings. The number of benzene rings is 2. The maximum Gasteiger partial charge on any atom is 0.339 e. The van der Waals surface area contributed by atoms with E-state index in [0.29, 0.717) is 41.3 Å². The molecule has 1 aromatic heterocycles. The Morgan fingerprint density at radius 1 is 1.07 bits per heavy atom. The Kier molecular flexibility index (Phi) is 4.90. The average molecular weight is 394 g/mol. The number of amides is 1. The maximum absolute atomic E-state index is 12.6. The number of para-hydroxylation sites is 1. The molecule has 3 aromatic rings. The van der Waals surface area contributed by atoms with Crippen LogP contribution in [0.25, 0.3) is 10.9 Å². The number of fused-ring (bicyclic) bond motifs is 2. The number of esters is 1. The Morgan fingerprint density at radius 3 is 2.66 bits per heavy atom. The van der Waals surface area contributed by atoms with Crippen LogP contribution in [0.5, 0.6) is 11.5 Å². The first-order valence-electron chi connectivity index (χ1n) is 9.05. The smallest absolute Gasteiger partial charge is 0.339 e. The zero-order valence-electron chi connectivity index (χ0n) is 15.6. The molecule has 0 spiro atoms. The molecule has 1 aliphatic heterocycles. The first-order chi connectivity index (χ1) is 14.0. The lowest BCUT2D eigenvalue weighted by atomic mass is 10.1. The van der Waals surface area contributed by atoms with Crippen LogP contribution in [0.4, 0.5) is 5.69 Å². The molecule has 148 valence electrons. The fraction of sp³-hybridized carbons (Fsp3) is 0.190. The third-order valence-corrected chi connectivity index (χ3v) is 4.43. The number of carbonyl (C=O) groups is 2. The zero-order chi connectivity index (χ0) is 20.4. The molecule has 0 bridgehead atoms. The van der Waals surface area contributed by atoms with E-state index in [4.69, 9.17) is 14.2 Å². The van der Waals surface area contributed by atoms with E-state index >= 15 is 0 Å². The Bertz CT molecular complexity index is 1150. The van der Waals surface area contributed by atoms with E-state index in [9.17, 15) is 14.4 Å². The summed E-state index contributed by atoms with van der Waals surface area (Å²) in [6, 6.07) is 13.0. The van der Waals surface area contributed by atoms with Crippen LogP contribution in [0.15, 0.2) is 53.3 Å². The molecular weight excluding hydrogens is 376 g/mol. The predicted octanol–water partition coefficient (Wildman–Crippen LogP) is 2.48. The molecular formula is C21H18N2O6. The molecule has 0 aliphatic carbocycles. The van der Waals surface area contributed by atoms with Crippen molar-refractivity contribution in [3.8, 4) is 11.5 Å². The van der Waals surface area contributed by atoms with Crippen molar-refractivity contribution in [2.45, 2.75) is 13.0 Å². The Hall–Kier alpha value is -3.81. The molecule has 0 saturated carbocycles. The van der Waals surface area contributed by atoms with Crippen LogP contribution < -0.4 is 20.3 Å². The van der Waals surface area contributed by atoms with Gasteiger partial charge < -0.3 is 24.5 Å². The van der Waals surface area contributed by atoms with Gasteiger partial charge in [0.25, 0.3) is 5.91 Å². The normalized spacial score (nSPS) is 13.6. The van der Waals surface area contributed by atoms with Crippen molar-refractivity contribution in [1.29, 1.82) is 0 Å². The van der Waals surface area contributed by atoms with Crippen molar-refractivity contribution in [2.24, 2.45) is 0 Å². The average Bonchev–Trinajstić information content (AvgIpc) is 2.72. The van der Waals surface area contributed by atoms with Crippen molar-refractivity contribution < 1.29 is 23.8 Å². The summed E-state index contributed by atoms with van der Waals surface area (Å²) >= 11 is 0. The lowest BCUT2D eigenvalue weighted by Gasteiger charge is -2.19. The van der Waals surface area contributed by atoms with Gasteiger partial charge >= 0.3 is 5.97 Å². The molecule has 1 amide bonds. The van der Waals surface area contributed by atoms with Gasteiger partial charge in [-0.1, -0.05) is 18.2 Å². The summed E-state index contributed by atoms with van der Waals surface area (Å²) in [5.41, 5.74) is 0.677. The van der Waals surface area contributed by atoms with E-state index in [1.54, 1.807) is 42.5 Å². The van der Waals surface area contributed by atoms with E-state index in [1.807, 2.05) is 0 Å². The second-order valence-corrected chi connectivity index (χ2v) is 6.49. The van der Waals surface area contributed by atoms with E-state index in [2.05, 4.69) is 10.3 Å². The Morgan fingerprint density at radius 2 is 1.83 bits per heavy atom. The van der Waals surface area contributed by atoms with Gasteiger partial charge in [0.05, 0.1) is 5.56 Å². The molecule has 0 saturated heterocycles. The molecule has 1 atom stereocenters. The number of anilines is 1. The van der Waals surface area contributed by atoms with E-state index < -0.39 is 23.5 Å². The molecule has 2 aromatic carbocycles. The number of pyridine rings is 1. The van der Waals surface area contributed by atoms with Gasteiger partial charge in [-0.3, -0.25) is 9.59 Å². The number of aromatic amines is 1. The van der Waals surface area contributed by atoms with Gasteiger partial charge in [-0.05, 0) is 25.1 Å². The third-order valence-electron chi connectivity index (χ3n) is 4.43. The summed E-state index contributed by atoms with van der Waals surface area (Å²) < 4.78 is 16.2. The molecule has 2 N–H and O–H groups in total. The van der Waals surface area contributed by atoms with E-state index in [1.165, 1.54) is 6.92 Å². The van der Waals surface area contributed by atoms with Gasteiger partial charge in [-0.25, -0.2) is 4.79 Å². The highest BCUT2D eigenvalue weighted by molar-refractivity contribution is 6.04. The lowest BCUT2D eigenvalue weighted by molar-refractivity contribution is -0.123. The zero-order valence-corrected chi connectivity index (χ0v) is 15.6. The first kappa shape index (κ1) is 18.5. The fourth-order valence-electron chi connectivity index (χ4n) is 3.02. The molecule has 4 rings (SSSR count). The highest BCUT2D eigenvalue weighted by atomic mass is 16.6. The minimum absolute atomic E-state index is 0.100. The summed E-state index contributed by atoms with van der Waals surface area (Å²) in [6.45, 7) is 2.37. The molecule has 0 unspecified atom stereocenters. The largest absolute Gasteiger partial charge is 0.486 e. The van der Waals surface area contributed by atoms with Gasteiger partial charge in [0.2, 0.25) is 5.56 Å². The van der Waals surface area contributed by atoms with Gasteiger partial charge in [-0.2, -0.15) is 0 Å². The van der Waals surface area contributed by atoms with Gasteiger partial charge in [-0.15, -0.1) is 0 Å². The topological polar surface area (TPSA) is 107 Å². The van der Waals surface area contributed by atoms with Crippen LogP contribution in [0, 0.1) is 0 Å². The maximum atomic E-state index is 12.6. The van der Waals surface area contributed by atoms with Crippen molar-refractivity contribution >= 4 is 28.5 Å². The quantitative estimate of drug-likeness (QED) is 0.659. The summed E-state index contributed by atoms with van der Waals surface area (Å²) in [6.07, 6.45) is -1.08. The SMILES string of the molecule is C[C@@H](OC(=O)c1cc(=O)[nH]c2ccccc12)C(=O)Nc1ccc2c(c1)OCCO2. The van der Waals surface area contributed by atoms with E-state index in [0.717, 1.165) is 6.07 Å². The van der Waals surface area contributed by atoms with Crippen LogP contribution in [0.1, 0.15) is 17.3 Å². The first-order valence-corrected chi connectivity index (χ1v) is 9.05. The standard InChI is InChI=1S/C21H18N2O6/c1-12(20(25)22-13-6-7-17-18(10-13)28-9-8-27-17)29-21(26)15-11-19(24)23-16-5-3-2-4-14(15)16/h2-7,10-12H,8-9H2,1H3,(H,22,25)(H,23,24)/t12-/m1/s1. The van der Waals surface area contributed by atoms with Crippen LogP contribution in [0.3, 0.4) is 0 Å². The minimum Gasteiger partial charge on any atom is -0.486 e. The summed E-state index contributed by atoms with van der Waals surface area (Å²) in [5.74, 6) is -0.120. The Balaban J connectivity index is 1.48. The summed E-state index contributed by atoms with van der Waals surface area (Å²) in [4.78, 5) is 39.5. The highest BCUT2D eigenvalue weighted by Gasteiger charge is 2.22. The molecule has 1 aliphatic rings. The molecule has 0 radical (unpaired) electrons. The van der Waals surface area contributed by atoms with Crippen LogP contribution in [0.2, 0.25) is 0 Å². The predicted molar refractivity (Wildman–Crippen MR) is 106 cm³/mol. The van der Waals surface area contributed by atoms with E-state index in [-0.39, 0.29) is 5.56 Å². The van der Waals surface area contributed by atoms with Crippen LogP contribution in [-0.2, 0) is 9.53 Å². The number of nitrogens with one attached hydrogen (secondary N) is 2. The molecule has 8 nitrogen and oxygen atoms in total. The number of ether oxygens (including phenoxy) is 3. The second-order valence-electron chi connectivity index (χ2n) is 6.49. The number of H-pyrrole nitrogens is 1. The molecule has 2 heterocycles. The number of aromatic nitrogens is 1. The minimum atomic E-state index is -1.08. The van der Waals surface area contributed by atoms with Crippen molar-refractivity contribution in [3.05, 3.63) is 64.4 Å². The second kappa shape index (κ2) is 7.67. The number of hydrogen-bond donors (Lipinski definition) is 2. The van der Waals surface area contributed by atoms with Gasteiger partial charge in [0.1, 0.15) is 13.2 Å².